The fourth-order valence-electron chi connectivity index (χ4n) is 2.03. The molecule has 0 aliphatic carbocycles. The number of nitrogens with one attached hydrogen (secondary N) is 1. The molecular weight excluding hydrogens is 307 g/mol. The molecule has 0 saturated heterocycles. The molecule has 4 nitrogen and oxygen atoms in total. The molecule has 0 spiro atoms. The van der Waals surface area contributed by atoms with Gasteiger partial charge in [-0.25, -0.2) is 17.9 Å². The van der Waals surface area contributed by atoms with E-state index in [-0.39, 0.29) is 5.56 Å². The maximum absolute atomic E-state index is 13.6. The number of anilines is 1. The summed E-state index contributed by atoms with van der Waals surface area (Å²) in [7, 11) is 0. The average Bonchev–Trinajstić information content (AvgIpc) is 3.10. The van der Waals surface area contributed by atoms with Gasteiger partial charge >= 0.3 is 0 Å². The van der Waals surface area contributed by atoms with E-state index in [9.17, 15) is 18.0 Å². The monoisotopic (exact) mass is 317 g/mol. The Hall–Kier alpha value is -3.09. The van der Waals surface area contributed by atoms with Gasteiger partial charge in [0, 0.05) is 18.0 Å². The standard InChI is InChI=1S/C16H10F3N3O/c17-12-5-6-13(15(19)14(12)18)21-16(23)10-3-1-4-11(9-10)22-8-2-7-20-22/h1-9H,(H,21,23). The Labute approximate surface area is 129 Å². The second kappa shape index (κ2) is 5.96. The molecule has 2 aromatic carbocycles. The molecule has 0 bridgehead atoms. The van der Waals surface area contributed by atoms with E-state index in [1.807, 2.05) is 0 Å². The smallest absolute Gasteiger partial charge is 0.255 e. The topological polar surface area (TPSA) is 46.9 Å². The normalized spacial score (nSPS) is 10.6. The van der Waals surface area contributed by atoms with Gasteiger partial charge in [0.15, 0.2) is 17.5 Å². The van der Waals surface area contributed by atoms with Crippen LogP contribution in [0.15, 0.2) is 54.9 Å². The van der Waals surface area contributed by atoms with Crippen LogP contribution in [-0.4, -0.2) is 15.7 Å². The molecular formula is C16H10F3N3O. The summed E-state index contributed by atoms with van der Waals surface area (Å²) in [6, 6.07) is 9.86. The number of amides is 1. The first-order valence-corrected chi connectivity index (χ1v) is 6.61. The Morgan fingerprint density at radius 1 is 1.04 bits per heavy atom. The number of nitrogens with zero attached hydrogens (tertiary/aromatic N) is 2. The van der Waals surface area contributed by atoms with Crippen LogP contribution in [0.1, 0.15) is 10.4 Å². The van der Waals surface area contributed by atoms with Gasteiger partial charge in [-0.1, -0.05) is 6.07 Å². The molecule has 1 heterocycles. The lowest BCUT2D eigenvalue weighted by atomic mass is 10.2. The Bertz CT molecular complexity index is 863. The summed E-state index contributed by atoms with van der Waals surface area (Å²) >= 11 is 0. The van der Waals surface area contributed by atoms with Gasteiger partial charge in [0.1, 0.15) is 0 Å². The summed E-state index contributed by atoms with van der Waals surface area (Å²) < 4.78 is 41.2. The van der Waals surface area contributed by atoms with Gasteiger partial charge in [-0.2, -0.15) is 5.10 Å². The Balaban J connectivity index is 1.87. The Morgan fingerprint density at radius 2 is 1.87 bits per heavy atom. The molecule has 116 valence electrons. The second-order valence-electron chi connectivity index (χ2n) is 4.68. The van der Waals surface area contributed by atoms with E-state index in [2.05, 4.69) is 10.4 Å². The van der Waals surface area contributed by atoms with E-state index in [1.165, 1.54) is 6.07 Å². The second-order valence-corrected chi connectivity index (χ2v) is 4.68. The van der Waals surface area contributed by atoms with E-state index >= 15 is 0 Å². The van der Waals surface area contributed by atoms with E-state index in [4.69, 9.17) is 0 Å². The van der Waals surface area contributed by atoms with Crippen LogP contribution >= 0.6 is 0 Å². The first-order chi connectivity index (χ1) is 11.1. The minimum absolute atomic E-state index is 0.224. The third-order valence-electron chi connectivity index (χ3n) is 3.16. The molecule has 1 amide bonds. The number of halogens is 3. The van der Waals surface area contributed by atoms with Crippen LogP contribution in [0.25, 0.3) is 5.69 Å². The third-order valence-corrected chi connectivity index (χ3v) is 3.16. The lowest BCUT2D eigenvalue weighted by Crippen LogP contribution is -2.14. The molecule has 3 rings (SSSR count). The fraction of sp³-hybridized carbons (Fsp3) is 0. The van der Waals surface area contributed by atoms with Gasteiger partial charge in [0.2, 0.25) is 0 Å². The van der Waals surface area contributed by atoms with Crippen molar-refractivity contribution in [2.45, 2.75) is 0 Å². The van der Waals surface area contributed by atoms with Gasteiger partial charge in [0.25, 0.3) is 5.91 Å². The molecule has 0 fully saturated rings. The van der Waals surface area contributed by atoms with Crippen molar-refractivity contribution in [1.29, 1.82) is 0 Å². The van der Waals surface area contributed by atoms with Crippen LogP contribution in [0.2, 0.25) is 0 Å². The molecule has 0 saturated carbocycles. The molecule has 3 aromatic rings. The summed E-state index contributed by atoms with van der Waals surface area (Å²) in [6.07, 6.45) is 3.29. The summed E-state index contributed by atoms with van der Waals surface area (Å²) in [5.41, 5.74) is 0.425. The third kappa shape index (κ3) is 2.94. The maximum atomic E-state index is 13.6. The van der Waals surface area contributed by atoms with Crippen molar-refractivity contribution in [3.8, 4) is 5.69 Å². The fourth-order valence-corrected chi connectivity index (χ4v) is 2.03. The first kappa shape index (κ1) is 14.8. The van der Waals surface area contributed by atoms with E-state index in [1.54, 1.807) is 41.3 Å². The highest BCUT2D eigenvalue weighted by Gasteiger charge is 2.16. The lowest BCUT2D eigenvalue weighted by Gasteiger charge is -2.08. The zero-order valence-electron chi connectivity index (χ0n) is 11.6. The number of carbonyl (C=O) groups excluding carboxylic acids is 1. The highest BCUT2D eigenvalue weighted by molar-refractivity contribution is 6.04. The van der Waals surface area contributed by atoms with Gasteiger partial charge in [-0.15, -0.1) is 0 Å². The van der Waals surface area contributed by atoms with E-state index < -0.39 is 29.0 Å². The molecule has 23 heavy (non-hydrogen) atoms. The van der Waals surface area contributed by atoms with Crippen molar-refractivity contribution in [3.63, 3.8) is 0 Å². The summed E-state index contributed by atoms with van der Waals surface area (Å²) in [5, 5.41) is 6.26. The zero-order chi connectivity index (χ0) is 16.4. The highest BCUT2D eigenvalue weighted by atomic mass is 19.2. The van der Waals surface area contributed by atoms with Crippen molar-refractivity contribution in [2.75, 3.05) is 5.32 Å². The SMILES string of the molecule is O=C(Nc1ccc(F)c(F)c1F)c1cccc(-n2cccn2)c1. The van der Waals surface area contributed by atoms with Crippen molar-refractivity contribution in [2.24, 2.45) is 0 Å². The van der Waals surface area contributed by atoms with Gasteiger partial charge in [0.05, 0.1) is 11.4 Å². The number of carbonyl (C=O) groups is 1. The summed E-state index contributed by atoms with van der Waals surface area (Å²) in [5.74, 6) is -5.04. The average molecular weight is 317 g/mol. The predicted molar refractivity (Wildman–Crippen MR) is 77.8 cm³/mol. The summed E-state index contributed by atoms with van der Waals surface area (Å²) in [4.78, 5) is 12.2. The molecule has 0 radical (unpaired) electrons. The van der Waals surface area contributed by atoms with Crippen LogP contribution in [0.3, 0.4) is 0 Å². The van der Waals surface area contributed by atoms with E-state index in [0.29, 0.717) is 5.69 Å². The summed E-state index contributed by atoms with van der Waals surface area (Å²) in [6.45, 7) is 0. The Kier molecular flexibility index (Phi) is 3.84. The predicted octanol–water partition coefficient (Wildman–Crippen LogP) is 3.54. The van der Waals surface area contributed by atoms with Crippen molar-refractivity contribution >= 4 is 11.6 Å². The van der Waals surface area contributed by atoms with E-state index in [0.717, 1.165) is 12.1 Å². The minimum Gasteiger partial charge on any atom is -0.319 e. The largest absolute Gasteiger partial charge is 0.319 e. The van der Waals surface area contributed by atoms with Crippen LogP contribution in [-0.2, 0) is 0 Å². The molecule has 0 aliphatic rings. The number of hydrogen-bond acceptors (Lipinski definition) is 2. The molecule has 0 atom stereocenters. The van der Waals surface area contributed by atoms with Crippen LogP contribution in [0.5, 0.6) is 0 Å². The minimum atomic E-state index is -1.63. The van der Waals surface area contributed by atoms with Gasteiger partial charge in [-0.05, 0) is 36.4 Å². The maximum Gasteiger partial charge on any atom is 0.255 e. The number of hydrogen-bond donors (Lipinski definition) is 1. The first-order valence-electron chi connectivity index (χ1n) is 6.61. The van der Waals surface area contributed by atoms with Crippen molar-refractivity contribution in [3.05, 3.63) is 77.9 Å². The number of rotatable bonds is 3. The molecule has 0 unspecified atom stereocenters. The molecule has 0 aliphatic heterocycles. The van der Waals surface area contributed by atoms with Crippen LogP contribution < -0.4 is 5.32 Å². The van der Waals surface area contributed by atoms with Crippen molar-refractivity contribution in [1.82, 2.24) is 9.78 Å². The quantitative estimate of drug-likeness (QED) is 0.751. The van der Waals surface area contributed by atoms with Gasteiger partial charge in [-0.3, -0.25) is 4.79 Å². The van der Waals surface area contributed by atoms with Crippen molar-refractivity contribution < 1.29 is 18.0 Å². The number of aromatic nitrogens is 2. The lowest BCUT2D eigenvalue weighted by molar-refractivity contribution is 0.102. The van der Waals surface area contributed by atoms with Crippen LogP contribution in [0.4, 0.5) is 18.9 Å². The van der Waals surface area contributed by atoms with Crippen LogP contribution in [0, 0.1) is 17.5 Å². The van der Waals surface area contributed by atoms with Gasteiger partial charge < -0.3 is 5.32 Å². The zero-order valence-corrected chi connectivity index (χ0v) is 11.6. The molecule has 1 N–H and O–H groups in total. The number of benzene rings is 2. The Morgan fingerprint density at radius 3 is 2.61 bits per heavy atom. The molecule has 1 aromatic heterocycles. The highest BCUT2D eigenvalue weighted by Crippen LogP contribution is 2.20. The molecule has 7 heteroatoms.